The molecule has 0 amide bonds. The minimum absolute atomic E-state index is 0.285. The number of aromatic nitrogens is 5. The van der Waals surface area contributed by atoms with Gasteiger partial charge in [0.2, 0.25) is 5.89 Å². The summed E-state index contributed by atoms with van der Waals surface area (Å²) in [7, 11) is 0. The van der Waals surface area contributed by atoms with Gasteiger partial charge in [-0.3, -0.25) is 9.58 Å². The van der Waals surface area contributed by atoms with Crippen molar-refractivity contribution in [1.29, 1.82) is 0 Å². The predicted octanol–water partition coefficient (Wildman–Crippen LogP) is 1.70. The van der Waals surface area contributed by atoms with Crippen LogP contribution in [0.2, 0.25) is 0 Å². The van der Waals surface area contributed by atoms with Crippen molar-refractivity contribution in [2.75, 3.05) is 13.1 Å². The van der Waals surface area contributed by atoms with Crippen molar-refractivity contribution in [3.8, 4) is 0 Å². The van der Waals surface area contributed by atoms with Gasteiger partial charge in [-0.1, -0.05) is 19.0 Å². The lowest BCUT2D eigenvalue weighted by Crippen LogP contribution is -2.36. The molecule has 7 heteroatoms. The second-order valence-electron chi connectivity index (χ2n) is 6.06. The fraction of sp³-hybridized carbons (Fsp3) is 0.714. The van der Waals surface area contributed by atoms with Gasteiger partial charge in [0.05, 0.1) is 6.54 Å². The molecule has 0 N–H and O–H groups in total. The lowest BCUT2D eigenvalue weighted by atomic mass is 9.98. The Morgan fingerprint density at radius 1 is 1.43 bits per heavy atom. The normalized spacial score (nSPS) is 20.2. The Bertz CT molecular complexity index is 550. The molecule has 0 radical (unpaired) electrons. The second-order valence-corrected chi connectivity index (χ2v) is 6.06. The Hall–Kier alpha value is -1.76. The van der Waals surface area contributed by atoms with E-state index in [4.69, 9.17) is 4.52 Å². The van der Waals surface area contributed by atoms with Crippen LogP contribution in [0.4, 0.5) is 0 Å². The second kappa shape index (κ2) is 6.34. The Labute approximate surface area is 124 Å². The van der Waals surface area contributed by atoms with E-state index in [0.29, 0.717) is 5.92 Å². The summed E-state index contributed by atoms with van der Waals surface area (Å²) in [5.41, 5.74) is 0. The Morgan fingerprint density at radius 3 is 3.05 bits per heavy atom. The fourth-order valence-corrected chi connectivity index (χ4v) is 2.80. The van der Waals surface area contributed by atoms with E-state index in [2.05, 4.69) is 39.0 Å². The third kappa shape index (κ3) is 3.66. The highest BCUT2D eigenvalue weighted by atomic mass is 16.5. The standard InChI is InChI=1S/C14H22N6O/c1-11(2)14-17-13(18-21-14)8-19-5-3-4-12(6-19)7-20-10-15-9-16-20/h9-12H,3-8H2,1-2H3/t12-/m1/s1. The summed E-state index contributed by atoms with van der Waals surface area (Å²) >= 11 is 0. The molecule has 2 aromatic rings. The minimum Gasteiger partial charge on any atom is -0.339 e. The number of hydrogen-bond donors (Lipinski definition) is 0. The van der Waals surface area contributed by atoms with Crippen LogP contribution in [0.3, 0.4) is 0 Å². The van der Waals surface area contributed by atoms with Crippen molar-refractivity contribution in [3.63, 3.8) is 0 Å². The van der Waals surface area contributed by atoms with Gasteiger partial charge in [0.1, 0.15) is 12.7 Å². The van der Waals surface area contributed by atoms with Crippen LogP contribution in [0.25, 0.3) is 0 Å². The molecule has 0 spiro atoms. The zero-order valence-electron chi connectivity index (χ0n) is 12.6. The smallest absolute Gasteiger partial charge is 0.229 e. The lowest BCUT2D eigenvalue weighted by Gasteiger charge is -2.31. The molecular weight excluding hydrogens is 268 g/mol. The van der Waals surface area contributed by atoms with E-state index >= 15 is 0 Å². The summed E-state index contributed by atoms with van der Waals surface area (Å²) in [6, 6.07) is 0. The average molecular weight is 290 g/mol. The van der Waals surface area contributed by atoms with Crippen molar-refractivity contribution in [3.05, 3.63) is 24.4 Å². The number of rotatable bonds is 5. The lowest BCUT2D eigenvalue weighted by molar-refractivity contribution is 0.149. The van der Waals surface area contributed by atoms with Gasteiger partial charge in [0.15, 0.2) is 5.82 Å². The Morgan fingerprint density at radius 2 is 2.33 bits per heavy atom. The van der Waals surface area contributed by atoms with E-state index in [1.54, 1.807) is 12.7 Å². The van der Waals surface area contributed by atoms with Crippen LogP contribution in [0, 0.1) is 5.92 Å². The van der Waals surface area contributed by atoms with Crippen LogP contribution in [-0.2, 0) is 13.1 Å². The van der Waals surface area contributed by atoms with Crippen LogP contribution in [0.5, 0.6) is 0 Å². The minimum atomic E-state index is 0.285. The van der Waals surface area contributed by atoms with Crippen molar-refractivity contribution in [2.45, 2.75) is 45.7 Å². The Balaban J connectivity index is 1.55. The molecular formula is C14H22N6O. The molecule has 7 nitrogen and oxygen atoms in total. The molecule has 1 saturated heterocycles. The molecule has 0 unspecified atom stereocenters. The van der Waals surface area contributed by atoms with E-state index < -0.39 is 0 Å². The van der Waals surface area contributed by atoms with E-state index in [1.165, 1.54) is 12.8 Å². The molecule has 3 rings (SSSR count). The van der Waals surface area contributed by atoms with Gasteiger partial charge in [-0.25, -0.2) is 4.98 Å². The molecule has 0 bridgehead atoms. The summed E-state index contributed by atoms with van der Waals surface area (Å²) in [5.74, 6) is 2.41. The highest BCUT2D eigenvalue weighted by molar-refractivity contribution is 4.91. The van der Waals surface area contributed by atoms with Gasteiger partial charge in [-0.15, -0.1) is 0 Å². The van der Waals surface area contributed by atoms with E-state index in [-0.39, 0.29) is 5.92 Å². The third-order valence-corrected chi connectivity index (χ3v) is 3.86. The summed E-state index contributed by atoms with van der Waals surface area (Å²) in [5, 5.41) is 8.27. The highest BCUT2D eigenvalue weighted by Crippen LogP contribution is 2.20. The molecule has 1 atom stereocenters. The van der Waals surface area contributed by atoms with Gasteiger partial charge in [-0.2, -0.15) is 10.1 Å². The van der Waals surface area contributed by atoms with E-state index in [1.807, 2.05) is 4.68 Å². The first kappa shape index (κ1) is 14.2. The van der Waals surface area contributed by atoms with Crippen LogP contribution in [0.15, 0.2) is 17.2 Å². The average Bonchev–Trinajstić information content (AvgIpc) is 3.11. The van der Waals surface area contributed by atoms with Crippen molar-refractivity contribution in [1.82, 2.24) is 29.8 Å². The maximum Gasteiger partial charge on any atom is 0.229 e. The molecule has 0 saturated carbocycles. The van der Waals surface area contributed by atoms with E-state index in [0.717, 1.165) is 37.9 Å². The third-order valence-electron chi connectivity index (χ3n) is 3.86. The first-order valence-corrected chi connectivity index (χ1v) is 7.58. The SMILES string of the molecule is CC(C)c1nc(CN2CCC[C@@H](Cn3cncn3)C2)no1. The zero-order chi connectivity index (χ0) is 14.7. The van der Waals surface area contributed by atoms with Gasteiger partial charge in [0.25, 0.3) is 0 Å². The molecule has 0 aromatic carbocycles. The van der Waals surface area contributed by atoms with Crippen LogP contribution < -0.4 is 0 Å². The predicted molar refractivity (Wildman–Crippen MR) is 76.4 cm³/mol. The molecule has 1 aliphatic heterocycles. The summed E-state index contributed by atoms with van der Waals surface area (Å²) in [4.78, 5) is 10.9. The molecule has 21 heavy (non-hydrogen) atoms. The molecule has 1 aliphatic rings. The van der Waals surface area contributed by atoms with E-state index in [9.17, 15) is 0 Å². The topological polar surface area (TPSA) is 72.9 Å². The van der Waals surface area contributed by atoms with Gasteiger partial charge < -0.3 is 4.52 Å². The first-order valence-electron chi connectivity index (χ1n) is 7.58. The van der Waals surface area contributed by atoms with Crippen LogP contribution >= 0.6 is 0 Å². The number of likely N-dealkylation sites (tertiary alicyclic amines) is 1. The number of piperidine rings is 1. The maximum absolute atomic E-state index is 5.27. The molecule has 2 aromatic heterocycles. The highest BCUT2D eigenvalue weighted by Gasteiger charge is 2.22. The zero-order valence-corrected chi connectivity index (χ0v) is 12.6. The Kier molecular flexibility index (Phi) is 4.28. The quantitative estimate of drug-likeness (QED) is 0.834. The molecule has 1 fully saturated rings. The van der Waals surface area contributed by atoms with Gasteiger partial charge in [-0.05, 0) is 25.3 Å². The summed E-state index contributed by atoms with van der Waals surface area (Å²) in [6.45, 7) is 7.97. The largest absolute Gasteiger partial charge is 0.339 e. The van der Waals surface area contributed by atoms with Crippen LogP contribution in [0.1, 0.15) is 44.3 Å². The van der Waals surface area contributed by atoms with Gasteiger partial charge in [0, 0.05) is 19.0 Å². The molecule has 114 valence electrons. The fourth-order valence-electron chi connectivity index (χ4n) is 2.80. The molecule has 3 heterocycles. The van der Waals surface area contributed by atoms with Crippen molar-refractivity contribution < 1.29 is 4.52 Å². The van der Waals surface area contributed by atoms with Crippen molar-refractivity contribution in [2.24, 2.45) is 5.92 Å². The number of hydrogen-bond acceptors (Lipinski definition) is 6. The van der Waals surface area contributed by atoms with Crippen molar-refractivity contribution >= 4 is 0 Å². The summed E-state index contributed by atoms with van der Waals surface area (Å²) in [6.07, 6.45) is 5.81. The first-order chi connectivity index (χ1) is 10.2. The van der Waals surface area contributed by atoms with Crippen LogP contribution in [-0.4, -0.2) is 42.9 Å². The van der Waals surface area contributed by atoms with Gasteiger partial charge >= 0.3 is 0 Å². The maximum atomic E-state index is 5.27. The molecule has 0 aliphatic carbocycles. The summed E-state index contributed by atoms with van der Waals surface area (Å²) < 4.78 is 7.19. The number of nitrogens with zero attached hydrogens (tertiary/aromatic N) is 6. The monoisotopic (exact) mass is 290 g/mol.